The number of imide groups is 1. The average Bonchev–Trinajstić information content (AvgIpc) is 3.15. The predicted molar refractivity (Wildman–Crippen MR) is 136 cm³/mol. The standard InChI is InChI=1S/C26H31ClN4O4/c1-2-35-26(34)19-7-9-21(10-8-19)31-24(32)18-23(25(31)33)28-11-4-12-29-13-15-30(16-14-29)22-6-3-5-20(27)17-22/h3,5-10,17,23,28H,2,4,11-16,18H2,1H3. The van der Waals surface area contributed by atoms with Crippen molar-refractivity contribution in [2.75, 3.05) is 55.7 Å². The Morgan fingerprint density at radius 2 is 1.80 bits per heavy atom. The summed E-state index contributed by atoms with van der Waals surface area (Å²) in [4.78, 5) is 43.2. The molecule has 0 spiro atoms. The second kappa shape index (κ2) is 11.7. The van der Waals surface area contributed by atoms with E-state index in [-0.39, 0.29) is 24.8 Å². The fourth-order valence-electron chi connectivity index (χ4n) is 4.51. The van der Waals surface area contributed by atoms with Crippen molar-refractivity contribution in [2.45, 2.75) is 25.8 Å². The van der Waals surface area contributed by atoms with Gasteiger partial charge in [-0.15, -0.1) is 0 Å². The van der Waals surface area contributed by atoms with Gasteiger partial charge in [0.25, 0.3) is 5.91 Å². The summed E-state index contributed by atoms with van der Waals surface area (Å²) in [5.74, 6) is -0.925. The van der Waals surface area contributed by atoms with Crippen LogP contribution in [0.25, 0.3) is 0 Å². The molecule has 1 N–H and O–H groups in total. The van der Waals surface area contributed by atoms with Gasteiger partial charge in [-0.3, -0.25) is 14.5 Å². The van der Waals surface area contributed by atoms with Crippen LogP contribution in [-0.2, 0) is 14.3 Å². The molecule has 0 aliphatic carbocycles. The van der Waals surface area contributed by atoms with Gasteiger partial charge in [-0.05, 0) is 68.9 Å². The molecule has 2 aromatic carbocycles. The Morgan fingerprint density at radius 3 is 2.49 bits per heavy atom. The van der Waals surface area contributed by atoms with E-state index in [1.807, 2.05) is 18.2 Å². The lowest BCUT2D eigenvalue weighted by atomic mass is 10.2. The van der Waals surface area contributed by atoms with E-state index >= 15 is 0 Å². The third-order valence-corrected chi connectivity index (χ3v) is 6.61. The van der Waals surface area contributed by atoms with Crippen molar-refractivity contribution in [2.24, 2.45) is 0 Å². The monoisotopic (exact) mass is 498 g/mol. The van der Waals surface area contributed by atoms with Crippen molar-refractivity contribution in [1.82, 2.24) is 10.2 Å². The van der Waals surface area contributed by atoms with Gasteiger partial charge in [-0.1, -0.05) is 17.7 Å². The Balaban J connectivity index is 1.20. The number of esters is 1. The summed E-state index contributed by atoms with van der Waals surface area (Å²) in [6, 6.07) is 13.8. The van der Waals surface area contributed by atoms with Gasteiger partial charge in [0, 0.05) is 36.9 Å². The van der Waals surface area contributed by atoms with Gasteiger partial charge in [0.15, 0.2) is 0 Å². The van der Waals surface area contributed by atoms with E-state index in [0.29, 0.717) is 17.8 Å². The van der Waals surface area contributed by atoms with Crippen molar-refractivity contribution in [3.8, 4) is 0 Å². The molecule has 2 saturated heterocycles. The van der Waals surface area contributed by atoms with Crippen LogP contribution in [0.5, 0.6) is 0 Å². The zero-order valence-electron chi connectivity index (χ0n) is 19.9. The molecule has 186 valence electrons. The quantitative estimate of drug-likeness (QED) is 0.323. The molecule has 9 heteroatoms. The van der Waals surface area contributed by atoms with Gasteiger partial charge in [-0.25, -0.2) is 9.69 Å². The van der Waals surface area contributed by atoms with Gasteiger partial charge in [0.05, 0.1) is 30.3 Å². The number of nitrogens with zero attached hydrogens (tertiary/aromatic N) is 3. The summed E-state index contributed by atoms with van der Waals surface area (Å²) >= 11 is 6.11. The van der Waals surface area contributed by atoms with Gasteiger partial charge in [-0.2, -0.15) is 0 Å². The first-order valence-corrected chi connectivity index (χ1v) is 12.4. The topological polar surface area (TPSA) is 82.2 Å². The molecule has 2 amide bonds. The average molecular weight is 499 g/mol. The van der Waals surface area contributed by atoms with Crippen LogP contribution in [0.15, 0.2) is 48.5 Å². The molecule has 2 aliphatic heterocycles. The summed E-state index contributed by atoms with van der Waals surface area (Å²) in [5.41, 5.74) is 2.01. The van der Waals surface area contributed by atoms with Gasteiger partial charge in [0.2, 0.25) is 5.91 Å². The molecule has 0 saturated carbocycles. The molecular weight excluding hydrogens is 468 g/mol. The maximum atomic E-state index is 12.9. The lowest BCUT2D eigenvalue weighted by molar-refractivity contribution is -0.121. The third-order valence-electron chi connectivity index (χ3n) is 6.37. The number of halogens is 1. The van der Waals surface area contributed by atoms with Crippen molar-refractivity contribution in [3.63, 3.8) is 0 Å². The minimum Gasteiger partial charge on any atom is -0.462 e. The number of rotatable bonds is 9. The van der Waals surface area contributed by atoms with Crippen molar-refractivity contribution in [1.29, 1.82) is 0 Å². The number of anilines is 2. The molecule has 35 heavy (non-hydrogen) atoms. The Kier molecular flexibility index (Phi) is 8.38. The van der Waals surface area contributed by atoms with E-state index in [1.54, 1.807) is 31.2 Å². The first kappa shape index (κ1) is 25.2. The number of carbonyl (C=O) groups is 3. The first-order valence-electron chi connectivity index (χ1n) is 12.1. The van der Waals surface area contributed by atoms with Crippen LogP contribution in [0, 0.1) is 0 Å². The number of hydrogen-bond acceptors (Lipinski definition) is 7. The van der Waals surface area contributed by atoms with Gasteiger partial charge < -0.3 is 15.0 Å². The van der Waals surface area contributed by atoms with E-state index in [9.17, 15) is 14.4 Å². The maximum absolute atomic E-state index is 12.9. The lowest BCUT2D eigenvalue weighted by Crippen LogP contribution is -2.47. The highest BCUT2D eigenvalue weighted by Crippen LogP contribution is 2.24. The predicted octanol–water partition coefficient (Wildman–Crippen LogP) is 2.95. The maximum Gasteiger partial charge on any atom is 0.338 e. The minimum atomic E-state index is -0.521. The van der Waals surface area contributed by atoms with E-state index < -0.39 is 12.0 Å². The summed E-state index contributed by atoms with van der Waals surface area (Å²) < 4.78 is 4.97. The van der Waals surface area contributed by atoms with Crippen LogP contribution in [0.4, 0.5) is 11.4 Å². The molecule has 8 nitrogen and oxygen atoms in total. The molecule has 0 bridgehead atoms. The highest BCUT2D eigenvalue weighted by molar-refractivity contribution is 6.30. The largest absolute Gasteiger partial charge is 0.462 e. The van der Waals surface area contributed by atoms with E-state index in [0.717, 1.165) is 49.9 Å². The summed E-state index contributed by atoms with van der Waals surface area (Å²) in [6.07, 6.45) is 1.03. The fourth-order valence-corrected chi connectivity index (χ4v) is 4.69. The summed E-state index contributed by atoms with van der Waals surface area (Å²) in [5, 5.41) is 4.00. The number of hydrogen-bond donors (Lipinski definition) is 1. The molecule has 2 aromatic rings. The number of piperazine rings is 1. The molecular formula is C26H31ClN4O4. The minimum absolute atomic E-state index is 0.136. The second-order valence-electron chi connectivity index (χ2n) is 8.71. The van der Waals surface area contributed by atoms with Crippen LogP contribution in [0.1, 0.15) is 30.1 Å². The molecule has 1 unspecified atom stereocenters. The Hall–Kier alpha value is -2.94. The van der Waals surface area contributed by atoms with Crippen LogP contribution in [-0.4, -0.2) is 74.6 Å². The fraction of sp³-hybridized carbons (Fsp3) is 0.423. The summed E-state index contributed by atoms with van der Waals surface area (Å²) in [7, 11) is 0. The van der Waals surface area contributed by atoms with Gasteiger partial charge in [0.1, 0.15) is 0 Å². The van der Waals surface area contributed by atoms with Gasteiger partial charge >= 0.3 is 5.97 Å². The van der Waals surface area contributed by atoms with Crippen LogP contribution in [0.3, 0.4) is 0 Å². The first-order chi connectivity index (χ1) is 17.0. The van der Waals surface area contributed by atoms with Crippen molar-refractivity contribution < 1.29 is 19.1 Å². The number of nitrogens with one attached hydrogen (secondary N) is 1. The molecule has 2 fully saturated rings. The smallest absolute Gasteiger partial charge is 0.338 e. The van der Waals surface area contributed by atoms with Crippen molar-refractivity contribution in [3.05, 3.63) is 59.1 Å². The van der Waals surface area contributed by atoms with Crippen LogP contribution < -0.4 is 15.1 Å². The number of ether oxygens (including phenoxy) is 1. The number of benzene rings is 2. The Morgan fingerprint density at radius 1 is 1.06 bits per heavy atom. The summed E-state index contributed by atoms with van der Waals surface area (Å²) in [6.45, 7) is 7.48. The molecule has 2 heterocycles. The highest BCUT2D eigenvalue weighted by Gasteiger charge is 2.39. The van der Waals surface area contributed by atoms with E-state index in [2.05, 4.69) is 21.2 Å². The van der Waals surface area contributed by atoms with E-state index in [1.165, 1.54) is 4.90 Å². The molecule has 1 atom stereocenters. The highest BCUT2D eigenvalue weighted by atomic mass is 35.5. The lowest BCUT2D eigenvalue weighted by Gasteiger charge is -2.36. The number of amides is 2. The Labute approximate surface area is 210 Å². The molecule has 4 rings (SSSR count). The van der Waals surface area contributed by atoms with Crippen molar-refractivity contribution >= 4 is 40.8 Å². The van der Waals surface area contributed by atoms with Crippen LogP contribution in [0.2, 0.25) is 5.02 Å². The Bertz CT molecular complexity index is 1050. The third kappa shape index (κ3) is 6.20. The molecule has 0 aromatic heterocycles. The second-order valence-corrected chi connectivity index (χ2v) is 9.14. The molecule has 2 aliphatic rings. The number of carbonyl (C=O) groups excluding carboxylic acids is 3. The zero-order valence-corrected chi connectivity index (χ0v) is 20.7. The van der Waals surface area contributed by atoms with Crippen LogP contribution >= 0.6 is 11.6 Å². The normalized spacial score (nSPS) is 18.9. The van der Waals surface area contributed by atoms with E-state index in [4.69, 9.17) is 16.3 Å². The SMILES string of the molecule is CCOC(=O)c1ccc(N2C(=O)CC(NCCCN3CCN(c4cccc(Cl)c4)CC3)C2=O)cc1. The molecule has 0 radical (unpaired) electrons. The zero-order chi connectivity index (χ0) is 24.8.